The summed E-state index contributed by atoms with van der Waals surface area (Å²) in [6.45, 7) is 2.44. The quantitative estimate of drug-likeness (QED) is 0.416. The Bertz CT molecular complexity index is 1340. The number of aryl methyl sites for hydroxylation is 1. The largest absolute Gasteiger partial charge is 0.493 e. The molecule has 0 bridgehead atoms. The van der Waals surface area contributed by atoms with E-state index >= 15 is 0 Å². The molecule has 1 N–H and O–H groups in total. The number of nitrogens with one attached hydrogen (secondary N) is 1. The summed E-state index contributed by atoms with van der Waals surface area (Å²) >= 11 is 0. The molecule has 0 saturated heterocycles. The Morgan fingerprint density at radius 2 is 1.68 bits per heavy atom. The molecule has 172 valence electrons. The number of hydrogen-bond acceptors (Lipinski definition) is 3. The van der Waals surface area contributed by atoms with Gasteiger partial charge in [0.2, 0.25) is 0 Å². The molecular formula is C28H27N3O3. The number of carbonyl (C=O) groups is 1. The fourth-order valence-corrected chi connectivity index (χ4v) is 4.61. The van der Waals surface area contributed by atoms with Gasteiger partial charge in [-0.2, -0.15) is 0 Å². The first-order valence-electron chi connectivity index (χ1n) is 11.2. The highest BCUT2D eigenvalue weighted by molar-refractivity contribution is 5.91. The van der Waals surface area contributed by atoms with Crippen LogP contribution in [0.2, 0.25) is 0 Å². The van der Waals surface area contributed by atoms with Gasteiger partial charge >= 0.3 is 6.03 Å². The highest BCUT2D eigenvalue weighted by Gasteiger charge is 2.33. The lowest BCUT2D eigenvalue weighted by Crippen LogP contribution is -2.38. The summed E-state index contributed by atoms with van der Waals surface area (Å²) in [7, 11) is 3.24. The van der Waals surface area contributed by atoms with Crippen molar-refractivity contribution in [1.29, 1.82) is 0 Å². The summed E-state index contributed by atoms with van der Waals surface area (Å²) in [6, 6.07) is 25.4. The van der Waals surface area contributed by atoms with Gasteiger partial charge in [0.05, 0.1) is 32.5 Å². The van der Waals surface area contributed by atoms with Gasteiger partial charge in [-0.1, -0.05) is 42.5 Å². The van der Waals surface area contributed by atoms with Gasteiger partial charge in [0.25, 0.3) is 0 Å². The first kappa shape index (κ1) is 21.6. The van der Waals surface area contributed by atoms with E-state index in [-0.39, 0.29) is 12.1 Å². The Morgan fingerprint density at radius 1 is 0.912 bits per heavy atom. The number of benzene rings is 3. The Labute approximate surface area is 199 Å². The third-order valence-electron chi connectivity index (χ3n) is 6.33. The molecule has 1 atom stereocenters. The number of hydrogen-bond donors (Lipinski definition) is 1. The second-order valence-electron chi connectivity index (χ2n) is 8.32. The van der Waals surface area contributed by atoms with Crippen LogP contribution in [0.3, 0.4) is 0 Å². The molecule has 2 amide bonds. The zero-order valence-electron chi connectivity index (χ0n) is 19.5. The maximum Gasteiger partial charge on any atom is 0.322 e. The lowest BCUT2D eigenvalue weighted by Gasteiger charge is -2.31. The number of rotatable bonds is 4. The predicted molar refractivity (Wildman–Crippen MR) is 133 cm³/mol. The molecule has 1 aliphatic rings. The van der Waals surface area contributed by atoms with Crippen LogP contribution in [0, 0.1) is 6.92 Å². The summed E-state index contributed by atoms with van der Waals surface area (Å²) < 4.78 is 13.2. The van der Waals surface area contributed by atoms with E-state index in [1.807, 2.05) is 78.7 Å². The smallest absolute Gasteiger partial charge is 0.322 e. The van der Waals surface area contributed by atoms with Crippen molar-refractivity contribution in [1.82, 2.24) is 9.47 Å². The van der Waals surface area contributed by atoms with Crippen LogP contribution in [0.15, 0.2) is 85.1 Å². The molecule has 6 nitrogen and oxygen atoms in total. The summed E-state index contributed by atoms with van der Waals surface area (Å²) in [5.41, 5.74) is 5.88. The van der Waals surface area contributed by atoms with E-state index in [2.05, 4.69) is 28.1 Å². The van der Waals surface area contributed by atoms with Crippen LogP contribution >= 0.6 is 0 Å². The lowest BCUT2D eigenvalue weighted by molar-refractivity contribution is 0.194. The second-order valence-corrected chi connectivity index (χ2v) is 8.32. The van der Waals surface area contributed by atoms with Crippen LogP contribution in [-0.2, 0) is 6.54 Å². The molecule has 4 aromatic rings. The standard InChI is InChI=1S/C28H27N3O3/c1-19-9-4-6-11-22(19)29-28(32)31-18-21-10-5-7-12-23(21)30-16-8-13-24(30)27(31)20-14-15-25(33-2)26(17-20)34-3/h4-17,27H,18H2,1-3H3,(H,29,32)/t27-/m1/s1. The first-order valence-corrected chi connectivity index (χ1v) is 11.2. The van der Waals surface area contributed by atoms with Crippen LogP contribution in [0.25, 0.3) is 5.69 Å². The third-order valence-corrected chi connectivity index (χ3v) is 6.33. The Balaban J connectivity index is 1.66. The van der Waals surface area contributed by atoms with Crippen molar-refractivity contribution in [3.8, 4) is 17.2 Å². The maximum absolute atomic E-state index is 13.8. The number of nitrogens with zero attached hydrogens (tertiary/aromatic N) is 2. The number of urea groups is 1. The fourth-order valence-electron chi connectivity index (χ4n) is 4.61. The zero-order valence-corrected chi connectivity index (χ0v) is 19.5. The molecule has 1 aliphatic heterocycles. The molecule has 6 heteroatoms. The van der Waals surface area contributed by atoms with E-state index in [1.54, 1.807) is 14.2 Å². The van der Waals surface area contributed by atoms with E-state index < -0.39 is 0 Å². The van der Waals surface area contributed by atoms with Crippen molar-refractivity contribution < 1.29 is 14.3 Å². The van der Waals surface area contributed by atoms with Crippen LogP contribution in [0.5, 0.6) is 11.5 Å². The average Bonchev–Trinajstić information content (AvgIpc) is 3.29. The number of ether oxygens (including phenoxy) is 2. The Hall–Kier alpha value is -4.19. The van der Waals surface area contributed by atoms with Gasteiger partial charge in [0.1, 0.15) is 0 Å². The summed E-state index contributed by atoms with van der Waals surface area (Å²) in [5.74, 6) is 1.27. The van der Waals surface area contributed by atoms with E-state index in [9.17, 15) is 4.79 Å². The summed E-state index contributed by atoms with van der Waals surface area (Å²) in [4.78, 5) is 15.7. The molecule has 5 rings (SSSR count). The Morgan fingerprint density at radius 3 is 2.47 bits per heavy atom. The number of amides is 2. The second kappa shape index (κ2) is 8.98. The van der Waals surface area contributed by atoms with E-state index in [1.165, 1.54) is 0 Å². The van der Waals surface area contributed by atoms with E-state index in [0.717, 1.165) is 33.8 Å². The Kier molecular flexibility index (Phi) is 5.72. The van der Waals surface area contributed by atoms with Crippen molar-refractivity contribution >= 4 is 11.7 Å². The molecule has 0 radical (unpaired) electrons. The average molecular weight is 454 g/mol. The molecule has 34 heavy (non-hydrogen) atoms. The predicted octanol–water partition coefficient (Wildman–Crippen LogP) is 5.94. The number of para-hydroxylation sites is 2. The number of carbonyl (C=O) groups excluding carboxylic acids is 1. The van der Waals surface area contributed by atoms with Crippen LogP contribution in [0.1, 0.15) is 28.4 Å². The number of anilines is 1. The molecule has 2 heterocycles. The van der Waals surface area contributed by atoms with Crippen LogP contribution in [0.4, 0.5) is 10.5 Å². The zero-order chi connectivity index (χ0) is 23.7. The minimum atomic E-state index is -0.341. The highest BCUT2D eigenvalue weighted by Crippen LogP contribution is 2.39. The van der Waals surface area contributed by atoms with Crippen molar-refractivity contribution in [2.45, 2.75) is 19.5 Å². The van der Waals surface area contributed by atoms with Crippen molar-refractivity contribution in [3.05, 3.63) is 107 Å². The molecule has 1 aromatic heterocycles. The normalized spacial score (nSPS) is 14.6. The minimum Gasteiger partial charge on any atom is -0.493 e. The van der Waals surface area contributed by atoms with E-state index in [0.29, 0.717) is 18.0 Å². The van der Waals surface area contributed by atoms with Gasteiger partial charge in [0.15, 0.2) is 11.5 Å². The number of fused-ring (bicyclic) bond motifs is 3. The lowest BCUT2D eigenvalue weighted by atomic mass is 10.0. The molecule has 0 fully saturated rings. The van der Waals surface area contributed by atoms with Gasteiger partial charge in [-0.25, -0.2) is 4.79 Å². The summed E-state index contributed by atoms with van der Waals surface area (Å²) in [6.07, 6.45) is 2.05. The molecule has 0 spiro atoms. The SMILES string of the molecule is COc1ccc([C@@H]2c3cccn3-c3ccccc3CN2C(=O)Nc2ccccc2C)cc1OC. The fraction of sp³-hybridized carbons (Fsp3) is 0.179. The molecule has 3 aromatic carbocycles. The molecule has 0 saturated carbocycles. The van der Waals surface area contributed by atoms with Gasteiger partial charge in [-0.05, 0) is 60.0 Å². The summed E-state index contributed by atoms with van der Waals surface area (Å²) in [5, 5.41) is 3.13. The minimum absolute atomic E-state index is 0.168. The van der Waals surface area contributed by atoms with Crippen molar-refractivity contribution in [2.24, 2.45) is 0 Å². The van der Waals surface area contributed by atoms with Crippen molar-refractivity contribution in [3.63, 3.8) is 0 Å². The number of methoxy groups -OCH3 is 2. The van der Waals surface area contributed by atoms with E-state index in [4.69, 9.17) is 9.47 Å². The molecule has 0 unspecified atom stereocenters. The van der Waals surface area contributed by atoms with Gasteiger partial charge in [-0.3, -0.25) is 0 Å². The highest BCUT2D eigenvalue weighted by atomic mass is 16.5. The van der Waals surface area contributed by atoms with Crippen LogP contribution < -0.4 is 14.8 Å². The monoisotopic (exact) mass is 453 g/mol. The van der Waals surface area contributed by atoms with Crippen LogP contribution in [-0.4, -0.2) is 29.7 Å². The van der Waals surface area contributed by atoms with Gasteiger partial charge in [-0.15, -0.1) is 0 Å². The molecule has 0 aliphatic carbocycles. The third kappa shape index (κ3) is 3.77. The molecular weight excluding hydrogens is 426 g/mol. The topological polar surface area (TPSA) is 55.7 Å². The maximum atomic E-state index is 13.8. The first-order chi connectivity index (χ1) is 16.6. The number of aromatic nitrogens is 1. The van der Waals surface area contributed by atoms with Gasteiger partial charge < -0.3 is 24.3 Å². The van der Waals surface area contributed by atoms with Crippen molar-refractivity contribution in [2.75, 3.05) is 19.5 Å². The van der Waals surface area contributed by atoms with Gasteiger partial charge in [0, 0.05) is 17.6 Å².